The first-order valence-corrected chi connectivity index (χ1v) is 9.74. The van der Waals surface area contributed by atoms with Gasteiger partial charge < -0.3 is 19.2 Å². The number of aliphatic carboxylic acids is 1. The van der Waals surface area contributed by atoms with E-state index < -0.39 is 5.97 Å². The van der Waals surface area contributed by atoms with E-state index in [9.17, 15) is 9.90 Å². The van der Waals surface area contributed by atoms with Crippen LogP contribution in [0, 0.1) is 6.92 Å². The Morgan fingerprint density at radius 3 is 2.70 bits per heavy atom. The van der Waals surface area contributed by atoms with Crippen LogP contribution >= 0.6 is 11.8 Å². The molecule has 1 aromatic heterocycles. The second kappa shape index (κ2) is 7.48. The van der Waals surface area contributed by atoms with E-state index in [0.29, 0.717) is 11.1 Å². The van der Waals surface area contributed by atoms with Crippen molar-refractivity contribution in [3.63, 3.8) is 0 Å². The molecule has 2 heterocycles. The Labute approximate surface area is 161 Å². The van der Waals surface area contributed by atoms with Gasteiger partial charge in [0.1, 0.15) is 5.52 Å². The Morgan fingerprint density at radius 2 is 2.00 bits per heavy atom. The molecule has 1 saturated heterocycles. The zero-order valence-electron chi connectivity index (χ0n) is 15.0. The summed E-state index contributed by atoms with van der Waals surface area (Å²) in [7, 11) is 0. The minimum Gasteiger partial charge on any atom is -0.544 e. The molecule has 0 amide bonds. The molecule has 4 rings (SSSR count). The zero-order chi connectivity index (χ0) is 18.8. The van der Waals surface area contributed by atoms with Gasteiger partial charge in [-0.25, -0.2) is 4.98 Å². The number of anilines is 1. The van der Waals surface area contributed by atoms with Crippen LogP contribution in [0.2, 0.25) is 0 Å². The number of para-hydroxylation sites is 2. The zero-order valence-corrected chi connectivity index (χ0v) is 15.8. The van der Waals surface area contributed by atoms with Gasteiger partial charge in [0.15, 0.2) is 5.58 Å². The van der Waals surface area contributed by atoms with E-state index in [0.717, 1.165) is 36.0 Å². The fraction of sp³-hybridized carbons (Fsp3) is 0.238. The van der Waals surface area contributed by atoms with E-state index >= 15 is 0 Å². The number of thioether (sulfide) groups is 1. The number of aromatic nitrogens is 1. The number of carboxylic acid groups (broad SMARTS) is 1. The number of oxazole rings is 1. The fourth-order valence-electron chi connectivity index (χ4n) is 3.35. The molecule has 1 aliphatic heterocycles. The highest BCUT2D eigenvalue weighted by Crippen LogP contribution is 2.31. The topological polar surface area (TPSA) is 69.4 Å². The molecule has 0 radical (unpaired) electrons. The van der Waals surface area contributed by atoms with Crippen LogP contribution in [0.1, 0.15) is 24.0 Å². The van der Waals surface area contributed by atoms with Gasteiger partial charge in [-0.05, 0) is 73.0 Å². The second-order valence-corrected chi connectivity index (χ2v) is 7.58. The highest BCUT2D eigenvalue weighted by atomic mass is 32.2. The quantitative estimate of drug-likeness (QED) is 0.498. The number of carbonyl (C=O) groups is 1. The molecule has 0 atom stereocenters. The Morgan fingerprint density at radius 1 is 1.22 bits per heavy atom. The van der Waals surface area contributed by atoms with Crippen LogP contribution in [0.15, 0.2) is 57.0 Å². The molecule has 0 N–H and O–H groups in total. The van der Waals surface area contributed by atoms with Crippen molar-refractivity contribution in [1.82, 2.24) is 4.98 Å². The van der Waals surface area contributed by atoms with Crippen LogP contribution < -0.4 is 10.0 Å². The standard InChI is InChI=1S/C21H20N2O3S/c1-14-12-15(8-9-17(14)23-10-4-5-11-23)13-19(20(24)25)27-21-22-16-6-2-3-7-18(16)26-21/h2-3,6-9,12-13H,4-5,10-11H2,1H3,(H,24,25)/p-1/b19-13+. The highest BCUT2D eigenvalue weighted by molar-refractivity contribution is 8.03. The lowest BCUT2D eigenvalue weighted by Crippen LogP contribution is -2.23. The Bertz CT molecular complexity index is 986. The molecule has 0 aliphatic carbocycles. The van der Waals surface area contributed by atoms with Crippen LogP contribution in [0.4, 0.5) is 5.69 Å². The maximum absolute atomic E-state index is 11.6. The lowest BCUT2D eigenvalue weighted by atomic mass is 10.1. The number of hydrogen-bond acceptors (Lipinski definition) is 6. The van der Waals surface area contributed by atoms with Crippen molar-refractivity contribution in [2.24, 2.45) is 0 Å². The van der Waals surface area contributed by atoms with Crippen molar-refractivity contribution in [1.29, 1.82) is 0 Å². The monoisotopic (exact) mass is 379 g/mol. The molecule has 0 bridgehead atoms. The molecule has 0 saturated carbocycles. The summed E-state index contributed by atoms with van der Waals surface area (Å²) in [6, 6.07) is 13.3. The first-order valence-electron chi connectivity index (χ1n) is 8.92. The molecular weight excluding hydrogens is 360 g/mol. The van der Waals surface area contributed by atoms with Crippen molar-refractivity contribution >= 4 is 40.6 Å². The number of nitrogens with zero attached hydrogens (tertiary/aromatic N) is 2. The summed E-state index contributed by atoms with van der Waals surface area (Å²) in [5.74, 6) is -1.25. The van der Waals surface area contributed by atoms with Crippen molar-refractivity contribution in [2.75, 3.05) is 18.0 Å². The third kappa shape index (κ3) is 3.85. The molecule has 27 heavy (non-hydrogen) atoms. The molecule has 6 heteroatoms. The van der Waals surface area contributed by atoms with Gasteiger partial charge in [-0.15, -0.1) is 0 Å². The number of aryl methyl sites for hydroxylation is 1. The van der Waals surface area contributed by atoms with Crippen LogP contribution in [0.3, 0.4) is 0 Å². The number of hydrogen-bond donors (Lipinski definition) is 0. The summed E-state index contributed by atoms with van der Waals surface area (Å²) < 4.78 is 5.61. The van der Waals surface area contributed by atoms with Gasteiger partial charge >= 0.3 is 0 Å². The molecule has 1 fully saturated rings. The van der Waals surface area contributed by atoms with Crippen molar-refractivity contribution in [3.05, 3.63) is 58.5 Å². The maximum Gasteiger partial charge on any atom is 0.261 e. The Hall–Kier alpha value is -2.73. The third-order valence-electron chi connectivity index (χ3n) is 4.64. The predicted molar refractivity (Wildman–Crippen MR) is 105 cm³/mol. The number of carbonyl (C=O) groups excluding carboxylic acids is 1. The highest BCUT2D eigenvalue weighted by Gasteiger charge is 2.15. The van der Waals surface area contributed by atoms with Crippen LogP contribution in [0.5, 0.6) is 0 Å². The van der Waals surface area contributed by atoms with Gasteiger partial charge in [-0.2, -0.15) is 0 Å². The summed E-state index contributed by atoms with van der Waals surface area (Å²) in [4.78, 5) is 18.4. The Balaban J connectivity index is 1.60. The minimum atomic E-state index is -1.25. The third-order valence-corrected chi connectivity index (χ3v) is 5.49. The molecule has 1 aliphatic rings. The summed E-state index contributed by atoms with van der Waals surface area (Å²) in [5.41, 5.74) is 4.49. The van der Waals surface area contributed by atoms with Gasteiger partial charge in [0.05, 0.1) is 5.97 Å². The lowest BCUT2D eigenvalue weighted by Gasteiger charge is -2.20. The van der Waals surface area contributed by atoms with Crippen molar-refractivity contribution < 1.29 is 14.3 Å². The van der Waals surface area contributed by atoms with E-state index in [4.69, 9.17) is 4.42 Å². The largest absolute Gasteiger partial charge is 0.544 e. The molecule has 0 unspecified atom stereocenters. The average Bonchev–Trinajstić information content (AvgIpc) is 3.30. The summed E-state index contributed by atoms with van der Waals surface area (Å²) in [6.07, 6.45) is 4.05. The van der Waals surface area contributed by atoms with Gasteiger partial charge in [0, 0.05) is 23.7 Å². The second-order valence-electron chi connectivity index (χ2n) is 6.59. The number of rotatable bonds is 5. The molecule has 5 nitrogen and oxygen atoms in total. The van der Waals surface area contributed by atoms with Crippen molar-refractivity contribution in [3.8, 4) is 0 Å². The van der Waals surface area contributed by atoms with Gasteiger partial charge in [0.2, 0.25) is 0 Å². The lowest BCUT2D eigenvalue weighted by molar-refractivity contribution is -0.298. The SMILES string of the molecule is Cc1cc(/C=C(/Sc2nc3ccccc3o2)C(=O)[O-])ccc1N1CCCC1. The van der Waals surface area contributed by atoms with E-state index in [-0.39, 0.29) is 10.1 Å². The number of benzene rings is 2. The van der Waals surface area contributed by atoms with Crippen molar-refractivity contribution in [2.45, 2.75) is 25.0 Å². The first-order chi connectivity index (χ1) is 13.1. The van der Waals surface area contributed by atoms with Gasteiger partial charge in [-0.3, -0.25) is 0 Å². The smallest absolute Gasteiger partial charge is 0.261 e. The molecule has 0 spiro atoms. The van der Waals surface area contributed by atoms with E-state index in [1.807, 2.05) is 30.3 Å². The first kappa shape index (κ1) is 17.7. The average molecular weight is 379 g/mol. The van der Waals surface area contributed by atoms with Crippen LogP contribution in [0.25, 0.3) is 17.2 Å². The molecule has 138 valence electrons. The van der Waals surface area contributed by atoms with Crippen LogP contribution in [-0.4, -0.2) is 24.0 Å². The molecular formula is C21H19N2O3S-. The summed E-state index contributed by atoms with van der Waals surface area (Å²) in [6.45, 7) is 4.21. The van der Waals surface area contributed by atoms with E-state index in [1.54, 1.807) is 12.1 Å². The minimum absolute atomic E-state index is 0.0647. The fourth-order valence-corrected chi connectivity index (χ4v) is 4.09. The van der Waals surface area contributed by atoms with Gasteiger partial charge in [-0.1, -0.05) is 18.2 Å². The normalized spacial score (nSPS) is 14.9. The molecule has 3 aromatic rings. The maximum atomic E-state index is 11.6. The Kier molecular flexibility index (Phi) is 4.90. The van der Waals surface area contributed by atoms with Crippen LogP contribution in [-0.2, 0) is 4.79 Å². The summed E-state index contributed by atoms with van der Waals surface area (Å²) in [5, 5.41) is 11.9. The molecule has 2 aromatic carbocycles. The van der Waals surface area contributed by atoms with Gasteiger partial charge in [0.25, 0.3) is 5.22 Å². The van der Waals surface area contributed by atoms with E-state index in [2.05, 4.69) is 22.9 Å². The number of fused-ring (bicyclic) bond motifs is 1. The number of carboxylic acids is 1. The summed E-state index contributed by atoms with van der Waals surface area (Å²) >= 11 is 0.964. The predicted octanol–water partition coefficient (Wildman–Crippen LogP) is 3.62. The van der Waals surface area contributed by atoms with E-state index in [1.165, 1.54) is 18.5 Å².